The molecule has 5 heteroatoms. The van der Waals surface area contributed by atoms with E-state index in [1.165, 1.54) is 0 Å². The lowest BCUT2D eigenvalue weighted by molar-refractivity contribution is -0.148. The Labute approximate surface area is 118 Å². The summed E-state index contributed by atoms with van der Waals surface area (Å²) in [6.07, 6.45) is 1.63. The SMILES string of the molecule is CC(N)(C(=O)NC(C)(C(=O)O)C1CC1)c1ccccc1. The second kappa shape index (κ2) is 4.90. The van der Waals surface area contributed by atoms with Gasteiger partial charge in [-0.3, -0.25) is 4.79 Å². The number of aliphatic carboxylic acids is 1. The van der Waals surface area contributed by atoms with Crippen LogP contribution in [0.3, 0.4) is 0 Å². The first-order chi connectivity index (χ1) is 9.28. The summed E-state index contributed by atoms with van der Waals surface area (Å²) in [7, 11) is 0. The van der Waals surface area contributed by atoms with Gasteiger partial charge in [0.05, 0.1) is 0 Å². The van der Waals surface area contributed by atoms with Gasteiger partial charge in [-0.25, -0.2) is 4.79 Å². The quantitative estimate of drug-likeness (QED) is 0.754. The molecule has 1 fully saturated rings. The van der Waals surface area contributed by atoms with Crippen LogP contribution in [-0.4, -0.2) is 22.5 Å². The van der Waals surface area contributed by atoms with Gasteiger partial charge in [-0.05, 0) is 38.2 Å². The molecule has 0 heterocycles. The summed E-state index contributed by atoms with van der Waals surface area (Å²) in [6.45, 7) is 3.14. The van der Waals surface area contributed by atoms with Crippen molar-refractivity contribution in [2.45, 2.75) is 37.8 Å². The lowest BCUT2D eigenvalue weighted by Gasteiger charge is -2.32. The van der Waals surface area contributed by atoms with Crippen molar-refractivity contribution < 1.29 is 14.7 Å². The largest absolute Gasteiger partial charge is 0.480 e. The van der Waals surface area contributed by atoms with Gasteiger partial charge < -0.3 is 16.2 Å². The summed E-state index contributed by atoms with van der Waals surface area (Å²) in [4.78, 5) is 23.9. The van der Waals surface area contributed by atoms with Crippen LogP contribution in [0.2, 0.25) is 0 Å². The Balaban J connectivity index is 2.21. The standard InChI is InChI=1S/C15H20N2O3/c1-14(16,10-6-4-3-5-7-10)12(18)17-15(2,13(19)20)11-8-9-11/h3-7,11H,8-9,16H2,1-2H3,(H,17,18)(H,19,20). The number of hydrogen-bond acceptors (Lipinski definition) is 3. The highest BCUT2D eigenvalue weighted by Crippen LogP contribution is 2.40. The van der Waals surface area contributed by atoms with Gasteiger partial charge in [0.25, 0.3) is 0 Å². The predicted octanol–water partition coefficient (Wildman–Crippen LogP) is 1.23. The number of carbonyl (C=O) groups is 2. The molecule has 2 unspecified atom stereocenters. The molecule has 2 atom stereocenters. The normalized spacial score (nSPS) is 20.6. The van der Waals surface area contributed by atoms with Crippen LogP contribution in [0.5, 0.6) is 0 Å². The second-order valence-electron chi connectivity index (χ2n) is 5.80. The van der Waals surface area contributed by atoms with Gasteiger partial charge in [0.2, 0.25) is 5.91 Å². The molecule has 1 amide bonds. The Morgan fingerprint density at radius 2 is 1.80 bits per heavy atom. The number of rotatable bonds is 5. The number of amides is 1. The van der Waals surface area contributed by atoms with E-state index in [0.717, 1.165) is 12.8 Å². The highest BCUT2D eigenvalue weighted by molar-refractivity contribution is 5.92. The van der Waals surface area contributed by atoms with E-state index in [1.807, 2.05) is 6.07 Å². The van der Waals surface area contributed by atoms with Crippen molar-refractivity contribution in [1.82, 2.24) is 5.32 Å². The fraction of sp³-hybridized carbons (Fsp3) is 0.467. The fourth-order valence-electron chi connectivity index (χ4n) is 2.27. The number of carbonyl (C=O) groups excluding carboxylic acids is 1. The fourth-order valence-corrected chi connectivity index (χ4v) is 2.27. The summed E-state index contributed by atoms with van der Waals surface area (Å²) in [6, 6.07) is 8.95. The van der Waals surface area contributed by atoms with E-state index in [2.05, 4.69) is 5.32 Å². The average Bonchev–Trinajstić information content (AvgIpc) is 3.23. The van der Waals surface area contributed by atoms with Crippen molar-refractivity contribution in [2.75, 3.05) is 0 Å². The molecule has 0 aromatic heterocycles. The van der Waals surface area contributed by atoms with Gasteiger partial charge >= 0.3 is 5.97 Å². The smallest absolute Gasteiger partial charge is 0.329 e. The van der Waals surface area contributed by atoms with E-state index in [0.29, 0.717) is 5.56 Å². The highest BCUT2D eigenvalue weighted by Gasteiger charge is 2.50. The molecule has 1 aliphatic carbocycles. The Hall–Kier alpha value is -1.88. The van der Waals surface area contributed by atoms with E-state index < -0.39 is 23.0 Å². The second-order valence-corrected chi connectivity index (χ2v) is 5.80. The molecule has 1 aromatic rings. The molecule has 20 heavy (non-hydrogen) atoms. The molecule has 4 N–H and O–H groups in total. The van der Waals surface area contributed by atoms with Crippen LogP contribution in [0.15, 0.2) is 30.3 Å². The van der Waals surface area contributed by atoms with Crippen LogP contribution >= 0.6 is 0 Å². The molecule has 0 saturated heterocycles. The molecular formula is C15H20N2O3. The zero-order chi connectivity index (χ0) is 15.0. The van der Waals surface area contributed by atoms with Crippen molar-refractivity contribution in [1.29, 1.82) is 0 Å². The van der Waals surface area contributed by atoms with Gasteiger partial charge in [-0.15, -0.1) is 0 Å². The molecule has 0 radical (unpaired) electrons. The first-order valence-electron chi connectivity index (χ1n) is 6.69. The van der Waals surface area contributed by atoms with Crippen LogP contribution in [0.1, 0.15) is 32.3 Å². The lowest BCUT2D eigenvalue weighted by Crippen LogP contribution is -2.60. The zero-order valence-corrected chi connectivity index (χ0v) is 11.7. The first kappa shape index (κ1) is 14.5. The van der Waals surface area contributed by atoms with Gasteiger partial charge in [-0.2, -0.15) is 0 Å². The first-order valence-corrected chi connectivity index (χ1v) is 6.69. The van der Waals surface area contributed by atoms with E-state index in [1.54, 1.807) is 38.1 Å². The summed E-state index contributed by atoms with van der Waals surface area (Å²) >= 11 is 0. The molecule has 0 bridgehead atoms. The monoisotopic (exact) mass is 276 g/mol. The third-order valence-electron chi connectivity index (χ3n) is 4.06. The van der Waals surface area contributed by atoms with Crippen molar-refractivity contribution in [3.63, 3.8) is 0 Å². The molecule has 0 aliphatic heterocycles. The van der Waals surface area contributed by atoms with Crippen LogP contribution < -0.4 is 11.1 Å². The van der Waals surface area contributed by atoms with Crippen LogP contribution in [0, 0.1) is 5.92 Å². The van der Waals surface area contributed by atoms with Gasteiger partial charge in [0, 0.05) is 0 Å². The topological polar surface area (TPSA) is 92.4 Å². The Bertz CT molecular complexity index is 523. The molecule has 1 aromatic carbocycles. The summed E-state index contributed by atoms with van der Waals surface area (Å²) in [5, 5.41) is 12.0. The zero-order valence-electron chi connectivity index (χ0n) is 11.7. The summed E-state index contributed by atoms with van der Waals surface area (Å²) in [5.74, 6) is -1.51. The molecule has 1 aliphatic rings. The Kier molecular flexibility index (Phi) is 3.56. The number of hydrogen-bond donors (Lipinski definition) is 3. The van der Waals surface area contributed by atoms with Crippen molar-refractivity contribution in [2.24, 2.45) is 11.7 Å². The minimum atomic E-state index is -1.26. The molecule has 1 saturated carbocycles. The number of benzene rings is 1. The maximum Gasteiger partial charge on any atom is 0.329 e. The predicted molar refractivity (Wildman–Crippen MR) is 74.9 cm³/mol. The maximum atomic E-state index is 12.4. The molecule has 108 valence electrons. The van der Waals surface area contributed by atoms with Gasteiger partial charge in [0.1, 0.15) is 11.1 Å². The van der Waals surface area contributed by atoms with E-state index in [4.69, 9.17) is 5.73 Å². The lowest BCUT2D eigenvalue weighted by atomic mass is 9.89. The molecule has 0 spiro atoms. The average molecular weight is 276 g/mol. The number of carboxylic acid groups (broad SMARTS) is 1. The third-order valence-corrected chi connectivity index (χ3v) is 4.06. The Morgan fingerprint density at radius 1 is 1.25 bits per heavy atom. The van der Waals surface area contributed by atoms with E-state index >= 15 is 0 Å². The van der Waals surface area contributed by atoms with Crippen LogP contribution in [0.25, 0.3) is 0 Å². The van der Waals surface area contributed by atoms with Gasteiger partial charge in [0.15, 0.2) is 0 Å². The molecule has 5 nitrogen and oxygen atoms in total. The maximum absolute atomic E-state index is 12.4. The van der Waals surface area contributed by atoms with Crippen molar-refractivity contribution in [3.05, 3.63) is 35.9 Å². The Morgan fingerprint density at radius 3 is 2.25 bits per heavy atom. The van der Waals surface area contributed by atoms with Gasteiger partial charge in [-0.1, -0.05) is 30.3 Å². The van der Waals surface area contributed by atoms with Crippen molar-refractivity contribution >= 4 is 11.9 Å². The van der Waals surface area contributed by atoms with Crippen LogP contribution in [-0.2, 0) is 15.1 Å². The van der Waals surface area contributed by atoms with E-state index in [-0.39, 0.29) is 5.92 Å². The molecule has 2 rings (SSSR count). The third kappa shape index (κ3) is 2.54. The minimum Gasteiger partial charge on any atom is -0.480 e. The number of nitrogens with one attached hydrogen (secondary N) is 1. The number of nitrogens with two attached hydrogens (primary N) is 1. The van der Waals surface area contributed by atoms with E-state index in [9.17, 15) is 14.7 Å². The summed E-state index contributed by atoms with van der Waals surface area (Å²) < 4.78 is 0. The van der Waals surface area contributed by atoms with Crippen LogP contribution in [0.4, 0.5) is 0 Å². The molecular weight excluding hydrogens is 256 g/mol. The highest BCUT2D eigenvalue weighted by atomic mass is 16.4. The number of carboxylic acids is 1. The minimum absolute atomic E-state index is 0.0180. The summed E-state index contributed by atoms with van der Waals surface area (Å²) in [5.41, 5.74) is 4.26. The van der Waals surface area contributed by atoms with Crippen molar-refractivity contribution in [3.8, 4) is 0 Å².